The predicted octanol–water partition coefficient (Wildman–Crippen LogP) is 3.56. The average molecular weight is 266 g/mol. The van der Waals surface area contributed by atoms with Crippen LogP contribution in [0.2, 0.25) is 0 Å². The maximum absolute atomic E-state index is 13.2. The molecule has 1 aromatic rings. The first-order chi connectivity index (χ1) is 9.07. The fourth-order valence-corrected chi connectivity index (χ4v) is 2.62. The number of unbranched alkanes of at least 4 members (excludes halogenated alkanes) is 1. The van der Waals surface area contributed by atoms with E-state index >= 15 is 0 Å². The van der Waals surface area contributed by atoms with Crippen LogP contribution in [0, 0.1) is 5.82 Å². The summed E-state index contributed by atoms with van der Waals surface area (Å²) in [5.41, 5.74) is 7.06. The fraction of sp³-hybridized carbons (Fsp3) is 0.625. The highest BCUT2D eigenvalue weighted by Gasteiger charge is 2.30. The van der Waals surface area contributed by atoms with Crippen molar-refractivity contribution in [2.24, 2.45) is 5.73 Å². The number of nitrogens with zero attached hydrogens (tertiary/aromatic N) is 1. The summed E-state index contributed by atoms with van der Waals surface area (Å²) in [6.07, 6.45) is 4.48. The third-order valence-corrected chi connectivity index (χ3v) is 4.15. The lowest BCUT2D eigenvalue weighted by atomic mass is 9.87. The third-order valence-electron chi connectivity index (χ3n) is 4.15. The van der Waals surface area contributed by atoms with E-state index in [-0.39, 0.29) is 11.4 Å². The number of nitrogens with two attached hydrogens (primary N) is 1. The lowest BCUT2D eigenvalue weighted by Gasteiger charge is -2.41. The van der Waals surface area contributed by atoms with Crippen molar-refractivity contribution < 1.29 is 4.39 Å². The molecule has 19 heavy (non-hydrogen) atoms. The van der Waals surface area contributed by atoms with Crippen LogP contribution in [0.25, 0.3) is 0 Å². The van der Waals surface area contributed by atoms with E-state index in [2.05, 4.69) is 25.8 Å². The van der Waals surface area contributed by atoms with Gasteiger partial charge in [0.25, 0.3) is 0 Å². The van der Waals surface area contributed by atoms with Gasteiger partial charge in [0.15, 0.2) is 0 Å². The molecule has 1 aromatic carbocycles. The van der Waals surface area contributed by atoms with E-state index in [1.54, 1.807) is 12.1 Å². The molecule has 0 bridgehead atoms. The Labute approximate surface area is 116 Å². The first kappa shape index (κ1) is 16.1. The van der Waals surface area contributed by atoms with E-state index in [1.165, 1.54) is 18.9 Å². The second kappa shape index (κ2) is 7.61. The van der Waals surface area contributed by atoms with Gasteiger partial charge in [-0.05, 0) is 37.6 Å². The van der Waals surface area contributed by atoms with E-state index in [0.29, 0.717) is 6.54 Å². The van der Waals surface area contributed by atoms with Gasteiger partial charge in [-0.3, -0.25) is 4.90 Å². The Morgan fingerprint density at radius 1 is 1.32 bits per heavy atom. The summed E-state index contributed by atoms with van der Waals surface area (Å²) in [4.78, 5) is 2.29. The molecule has 0 aliphatic carbocycles. The van der Waals surface area contributed by atoms with Gasteiger partial charge in [0.1, 0.15) is 5.82 Å². The quantitative estimate of drug-likeness (QED) is 0.779. The Morgan fingerprint density at radius 2 is 2.05 bits per heavy atom. The van der Waals surface area contributed by atoms with Crippen molar-refractivity contribution in [1.29, 1.82) is 0 Å². The minimum absolute atomic E-state index is 0.0301. The molecular weight excluding hydrogens is 239 g/mol. The molecule has 2 nitrogen and oxygen atoms in total. The van der Waals surface area contributed by atoms with Crippen molar-refractivity contribution in [3.8, 4) is 0 Å². The third kappa shape index (κ3) is 4.29. The normalized spacial score (nSPS) is 14.6. The van der Waals surface area contributed by atoms with Gasteiger partial charge in [-0.25, -0.2) is 4.39 Å². The molecule has 1 atom stereocenters. The molecule has 1 unspecified atom stereocenters. The van der Waals surface area contributed by atoms with Gasteiger partial charge in [-0.2, -0.15) is 0 Å². The number of benzene rings is 1. The summed E-state index contributed by atoms with van der Waals surface area (Å²) in [6.45, 7) is 5.77. The number of rotatable bonds is 8. The number of hydrogen-bond acceptors (Lipinski definition) is 2. The zero-order valence-corrected chi connectivity index (χ0v) is 12.5. The summed E-state index contributed by atoms with van der Waals surface area (Å²) in [6, 6.07) is 6.82. The van der Waals surface area contributed by atoms with E-state index in [4.69, 9.17) is 5.73 Å². The Hall–Kier alpha value is -0.930. The molecule has 0 radical (unpaired) electrons. The minimum atomic E-state index is -0.172. The van der Waals surface area contributed by atoms with Crippen molar-refractivity contribution in [1.82, 2.24) is 4.90 Å². The van der Waals surface area contributed by atoms with Crippen LogP contribution < -0.4 is 5.73 Å². The molecule has 108 valence electrons. The fourth-order valence-electron chi connectivity index (χ4n) is 2.62. The molecule has 0 fully saturated rings. The number of likely N-dealkylation sites (N-methyl/N-ethyl adjacent to an activating group) is 1. The van der Waals surface area contributed by atoms with Crippen LogP contribution in [0.15, 0.2) is 24.3 Å². The molecule has 0 aromatic heterocycles. The second-order valence-corrected chi connectivity index (χ2v) is 5.37. The SMILES string of the molecule is CCCCC(CC)(CN)N(C)Cc1cccc(F)c1. The molecule has 2 N–H and O–H groups in total. The van der Waals surface area contributed by atoms with Gasteiger partial charge < -0.3 is 5.73 Å². The smallest absolute Gasteiger partial charge is 0.123 e. The van der Waals surface area contributed by atoms with E-state index < -0.39 is 0 Å². The summed E-state index contributed by atoms with van der Waals surface area (Å²) in [5, 5.41) is 0. The molecular formula is C16H27FN2. The van der Waals surface area contributed by atoms with Crippen molar-refractivity contribution in [2.75, 3.05) is 13.6 Å². The van der Waals surface area contributed by atoms with E-state index in [9.17, 15) is 4.39 Å². The van der Waals surface area contributed by atoms with Crippen molar-refractivity contribution in [3.05, 3.63) is 35.6 Å². The highest BCUT2D eigenvalue weighted by atomic mass is 19.1. The monoisotopic (exact) mass is 266 g/mol. The number of hydrogen-bond donors (Lipinski definition) is 1. The zero-order valence-electron chi connectivity index (χ0n) is 12.5. The van der Waals surface area contributed by atoms with Gasteiger partial charge >= 0.3 is 0 Å². The van der Waals surface area contributed by atoms with Crippen LogP contribution in [0.5, 0.6) is 0 Å². The first-order valence-corrected chi connectivity index (χ1v) is 7.23. The summed E-state index contributed by atoms with van der Waals surface area (Å²) < 4.78 is 13.2. The van der Waals surface area contributed by atoms with Crippen molar-refractivity contribution in [2.45, 2.75) is 51.6 Å². The average Bonchev–Trinajstić information content (AvgIpc) is 2.40. The molecule has 1 rings (SSSR count). The molecule has 3 heteroatoms. The Kier molecular flexibility index (Phi) is 6.46. The Morgan fingerprint density at radius 3 is 2.58 bits per heavy atom. The lowest BCUT2D eigenvalue weighted by molar-refractivity contribution is 0.0998. The largest absolute Gasteiger partial charge is 0.329 e. The topological polar surface area (TPSA) is 29.3 Å². The van der Waals surface area contributed by atoms with Crippen LogP contribution in [-0.2, 0) is 6.54 Å². The number of halogens is 1. The van der Waals surface area contributed by atoms with Crippen LogP contribution in [0.3, 0.4) is 0 Å². The van der Waals surface area contributed by atoms with Gasteiger partial charge in [0, 0.05) is 18.6 Å². The Balaban J connectivity index is 2.79. The van der Waals surface area contributed by atoms with Crippen molar-refractivity contribution >= 4 is 0 Å². The van der Waals surface area contributed by atoms with E-state index in [0.717, 1.165) is 24.9 Å². The summed E-state index contributed by atoms with van der Waals surface area (Å²) in [5.74, 6) is -0.172. The highest BCUT2D eigenvalue weighted by molar-refractivity contribution is 5.16. The van der Waals surface area contributed by atoms with Gasteiger partial charge in [-0.1, -0.05) is 38.8 Å². The van der Waals surface area contributed by atoms with Crippen LogP contribution in [-0.4, -0.2) is 24.0 Å². The van der Waals surface area contributed by atoms with Gasteiger partial charge in [-0.15, -0.1) is 0 Å². The summed E-state index contributed by atoms with van der Waals surface area (Å²) in [7, 11) is 2.09. The zero-order chi connectivity index (χ0) is 14.3. The maximum Gasteiger partial charge on any atom is 0.123 e. The molecule has 0 aliphatic heterocycles. The second-order valence-electron chi connectivity index (χ2n) is 5.37. The van der Waals surface area contributed by atoms with E-state index in [1.807, 2.05) is 6.07 Å². The highest BCUT2D eigenvalue weighted by Crippen LogP contribution is 2.26. The standard InChI is InChI=1S/C16H27FN2/c1-4-6-10-16(5-2,13-18)19(3)12-14-8-7-9-15(17)11-14/h7-9,11H,4-6,10,12-13,18H2,1-3H3. The van der Waals surface area contributed by atoms with Gasteiger partial charge in [0.2, 0.25) is 0 Å². The molecule has 0 spiro atoms. The predicted molar refractivity (Wildman–Crippen MR) is 79.5 cm³/mol. The van der Waals surface area contributed by atoms with Crippen LogP contribution in [0.4, 0.5) is 4.39 Å². The first-order valence-electron chi connectivity index (χ1n) is 7.23. The summed E-state index contributed by atoms with van der Waals surface area (Å²) >= 11 is 0. The molecule has 0 saturated heterocycles. The molecule has 0 saturated carbocycles. The molecule has 0 amide bonds. The van der Waals surface area contributed by atoms with Gasteiger partial charge in [0.05, 0.1) is 0 Å². The molecule has 0 aliphatic rings. The van der Waals surface area contributed by atoms with Crippen molar-refractivity contribution in [3.63, 3.8) is 0 Å². The maximum atomic E-state index is 13.2. The van der Waals surface area contributed by atoms with Crippen LogP contribution >= 0.6 is 0 Å². The Bertz CT molecular complexity index is 375. The lowest BCUT2D eigenvalue weighted by Crippen LogP contribution is -2.51. The minimum Gasteiger partial charge on any atom is -0.329 e. The molecule has 0 heterocycles. The van der Waals surface area contributed by atoms with Crippen LogP contribution in [0.1, 0.15) is 45.1 Å².